The molecule has 2 rings (SSSR count). The highest BCUT2D eigenvalue weighted by molar-refractivity contribution is 5.85. The zero-order valence-corrected chi connectivity index (χ0v) is 15.0. The molecular weight excluding hydrogens is 322 g/mol. The number of ether oxygens (including phenoxy) is 1. The first-order valence-electron chi connectivity index (χ1n) is 7.98. The third-order valence-electron chi connectivity index (χ3n) is 3.93. The molecule has 0 saturated carbocycles. The molecule has 7 nitrogen and oxygen atoms in total. The second-order valence-electron chi connectivity index (χ2n) is 5.84. The standard InChI is InChI=1S/C18H23N3O4/c1-12-16(13(2)25-20-12)11-24-15-7-5-14(6-8-15)9-18(23)21(4)10-17(22)19-3/h5-8H,9-11H2,1-4H3,(H,19,22). The number of amides is 2. The Balaban J connectivity index is 1.89. The van der Waals surface area contributed by atoms with Crippen LogP contribution in [0.2, 0.25) is 0 Å². The fourth-order valence-corrected chi connectivity index (χ4v) is 2.26. The van der Waals surface area contributed by atoms with E-state index in [1.807, 2.05) is 38.1 Å². The lowest BCUT2D eigenvalue weighted by Gasteiger charge is -2.16. The first-order valence-corrected chi connectivity index (χ1v) is 7.98. The van der Waals surface area contributed by atoms with Crippen LogP contribution in [0.3, 0.4) is 0 Å². The summed E-state index contributed by atoms with van der Waals surface area (Å²) < 4.78 is 10.8. The van der Waals surface area contributed by atoms with Gasteiger partial charge in [0.1, 0.15) is 18.1 Å². The average molecular weight is 345 g/mol. The molecule has 0 aliphatic rings. The molecule has 2 amide bonds. The third-order valence-corrected chi connectivity index (χ3v) is 3.93. The molecule has 0 saturated heterocycles. The average Bonchev–Trinajstić information content (AvgIpc) is 2.92. The summed E-state index contributed by atoms with van der Waals surface area (Å²) in [6.07, 6.45) is 0.234. The van der Waals surface area contributed by atoms with Gasteiger partial charge in [-0.1, -0.05) is 17.3 Å². The number of benzene rings is 1. The normalized spacial score (nSPS) is 10.4. The minimum absolute atomic E-state index is 0.0496. The molecule has 0 bridgehead atoms. The summed E-state index contributed by atoms with van der Waals surface area (Å²) in [6.45, 7) is 4.16. The van der Waals surface area contributed by atoms with Gasteiger partial charge in [0.25, 0.3) is 0 Å². The van der Waals surface area contributed by atoms with Gasteiger partial charge in [0.05, 0.1) is 24.2 Å². The lowest BCUT2D eigenvalue weighted by atomic mass is 10.1. The van der Waals surface area contributed by atoms with Crippen molar-refractivity contribution < 1.29 is 18.8 Å². The van der Waals surface area contributed by atoms with Gasteiger partial charge in [-0.2, -0.15) is 0 Å². The van der Waals surface area contributed by atoms with Crippen LogP contribution in [0.1, 0.15) is 22.6 Å². The number of aryl methyl sites for hydroxylation is 2. The van der Waals surface area contributed by atoms with Gasteiger partial charge >= 0.3 is 0 Å². The molecule has 0 radical (unpaired) electrons. The van der Waals surface area contributed by atoms with Crippen LogP contribution in [0.15, 0.2) is 28.8 Å². The lowest BCUT2D eigenvalue weighted by molar-refractivity contribution is -0.134. The number of hydrogen-bond acceptors (Lipinski definition) is 5. The molecule has 7 heteroatoms. The summed E-state index contributed by atoms with van der Waals surface area (Å²) in [6, 6.07) is 7.32. The second kappa shape index (κ2) is 8.32. The Kier molecular flexibility index (Phi) is 6.16. The van der Waals surface area contributed by atoms with Crippen LogP contribution in [0.4, 0.5) is 0 Å². The van der Waals surface area contributed by atoms with Gasteiger partial charge in [0.15, 0.2) is 0 Å². The van der Waals surface area contributed by atoms with Crippen molar-refractivity contribution in [3.63, 3.8) is 0 Å². The highest BCUT2D eigenvalue weighted by Gasteiger charge is 2.13. The van der Waals surface area contributed by atoms with Crippen molar-refractivity contribution >= 4 is 11.8 Å². The van der Waals surface area contributed by atoms with E-state index in [2.05, 4.69) is 10.5 Å². The number of nitrogens with one attached hydrogen (secondary N) is 1. The molecule has 0 aliphatic carbocycles. The summed E-state index contributed by atoms with van der Waals surface area (Å²) in [5.74, 6) is 1.14. The van der Waals surface area contributed by atoms with E-state index in [1.54, 1.807) is 14.1 Å². The van der Waals surface area contributed by atoms with Crippen LogP contribution in [-0.4, -0.2) is 42.5 Å². The highest BCUT2D eigenvalue weighted by atomic mass is 16.5. The number of likely N-dealkylation sites (N-methyl/N-ethyl adjacent to an activating group) is 2. The van der Waals surface area contributed by atoms with Crippen molar-refractivity contribution in [3.8, 4) is 5.75 Å². The Hall–Kier alpha value is -2.83. The van der Waals surface area contributed by atoms with Crippen LogP contribution < -0.4 is 10.1 Å². The molecule has 2 aromatic rings. The SMILES string of the molecule is CNC(=O)CN(C)C(=O)Cc1ccc(OCc2c(C)noc2C)cc1. The smallest absolute Gasteiger partial charge is 0.239 e. The van der Waals surface area contributed by atoms with Gasteiger partial charge in [0, 0.05) is 14.1 Å². The summed E-state index contributed by atoms with van der Waals surface area (Å²) in [4.78, 5) is 24.8. The number of aromatic nitrogens is 1. The topological polar surface area (TPSA) is 84.7 Å². The molecule has 134 valence electrons. The van der Waals surface area contributed by atoms with E-state index in [-0.39, 0.29) is 24.8 Å². The van der Waals surface area contributed by atoms with Crippen molar-refractivity contribution in [3.05, 3.63) is 46.8 Å². The van der Waals surface area contributed by atoms with Crippen LogP contribution in [0, 0.1) is 13.8 Å². The quantitative estimate of drug-likeness (QED) is 0.824. The van der Waals surface area contributed by atoms with Crippen molar-refractivity contribution in [2.24, 2.45) is 0 Å². The molecule has 1 aromatic carbocycles. The zero-order valence-electron chi connectivity index (χ0n) is 15.0. The molecule has 0 fully saturated rings. The summed E-state index contributed by atoms with van der Waals surface area (Å²) >= 11 is 0. The largest absolute Gasteiger partial charge is 0.489 e. The van der Waals surface area contributed by atoms with E-state index in [4.69, 9.17) is 9.26 Å². The van der Waals surface area contributed by atoms with Gasteiger partial charge in [-0.25, -0.2) is 0 Å². The van der Waals surface area contributed by atoms with E-state index in [9.17, 15) is 9.59 Å². The predicted octanol–water partition coefficient (Wildman–Crippen LogP) is 1.62. The second-order valence-corrected chi connectivity index (χ2v) is 5.84. The summed E-state index contributed by atoms with van der Waals surface area (Å²) in [7, 11) is 3.15. The van der Waals surface area contributed by atoms with E-state index in [0.29, 0.717) is 12.4 Å². The molecular formula is C18H23N3O4. The van der Waals surface area contributed by atoms with Gasteiger partial charge in [-0.05, 0) is 31.5 Å². The minimum atomic E-state index is -0.195. The fraction of sp³-hybridized carbons (Fsp3) is 0.389. The Labute approximate surface area is 146 Å². The van der Waals surface area contributed by atoms with E-state index >= 15 is 0 Å². The predicted molar refractivity (Wildman–Crippen MR) is 92.2 cm³/mol. The maximum absolute atomic E-state index is 12.1. The van der Waals surface area contributed by atoms with Crippen molar-refractivity contribution in [1.29, 1.82) is 0 Å². The minimum Gasteiger partial charge on any atom is -0.489 e. The van der Waals surface area contributed by atoms with Crippen molar-refractivity contribution in [1.82, 2.24) is 15.4 Å². The molecule has 25 heavy (non-hydrogen) atoms. The monoisotopic (exact) mass is 345 g/mol. The number of hydrogen-bond donors (Lipinski definition) is 1. The van der Waals surface area contributed by atoms with E-state index in [0.717, 1.165) is 22.6 Å². The molecule has 0 spiro atoms. The number of rotatable bonds is 7. The third kappa shape index (κ3) is 5.07. The Bertz CT molecular complexity index is 718. The van der Waals surface area contributed by atoms with Crippen LogP contribution in [0.5, 0.6) is 5.75 Å². The number of carbonyl (C=O) groups excluding carboxylic acids is 2. The number of carbonyl (C=O) groups is 2. The lowest BCUT2D eigenvalue weighted by Crippen LogP contribution is -2.37. The Morgan fingerprint density at radius 3 is 2.48 bits per heavy atom. The van der Waals surface area contributed by atoms with Gasteiger partial charge in [0.2, 0.25) is 11.8 Å². The number of nitrogens with zero attached hydrogens (tertiary/aromatic N) is 2. The van der Waals surface area contributed by atoms with Gasteiger partial charge in [-0.3, -0.25) is 9.59 Å². The maximum atomic E-state index is 12.1. The van der Waals surface area contributed by atoms with Crippen LogP contribution >= 0.6 is 0 Å². The fourth-order valence-electron chi connectivity index (χ4n) is 2.26. The van der Waals surface area contributed by atoms with E-state index in [1.165, 1.54) is 4.90 Å². The summed E-state index contributed by atoms with van der Waals surface area (Å²) in [5, 5.41) is 6.39. The molecule has 0 unspecified atom stereocenters. The molecule has 1 aromatic heterocycles. The maximum Gasteiger partial charge on any atom is 0.239 e. The highest BCUT2D eigenvalue weighted by Crippen LogP contribution is 2.18. The molecule has 1 heterocycles. The Morgan fingerprint density at radius 2 is 1.92 bits per heavy atom. The van der Waals surface area contributed by atoms with Crippen LogP contribution in [0.25, 0.3) is 0 Å². The molecule has 0 atom stereocenters. The first kappa shape index (κ1) is 18.5. The van der Waals surface area contributed by atoms with Gasteiger partial charge in [-0.15, -0.1) is 0 Å². The zero-order chi connectivity index (χ0) is 18.4. The van der Waals surface area contributed by atoms with Crippen molar-refractivity contribution in [2.75, 3.05) is 20.6 Å². The van der Waals surface area contributed by atoms with Crippen molar-refractivity contribution in [2.45, 2.75) is 26.9 Å². The first-order chi connectivity index (χ1) is 11.9. The van der Waals surface area contributed by atoms with Crippen LogP contribution in [-0.2, 0) is 22.6 Å². The molecule has 1 N–H and O–H groups in total. The Morgan fingerprint density at radius 1 is 1.24 bits per heavy atom. The molecule has 0 aliphatic heterocycles. The van der Waals surface area contributed by atoms with Gasteiger partial charge < -0.3 is 19.5 Å². The summed E-state index contributed by atoms with van der Waals surface area (Å²) in [5.41, 5.74) is 2.62. The van der Waals surface area contributed by atoms with E-state index < -0.39 is 0 Å².